The summed E-state index contributed by atoms with van der Waals surface area (Å²) in [7, 11) is -3.90. The summed E-state index contributed by atoms with van der Waals surface area (Å²) in [6.45, 7) is 0.243. The summed E-state index contributed by atoms with van der Waals surface area (Å²) in [6.07, 6.45) is 8.05. The first-order chi connectivity index (χ1) is 9.49. The molecule has 8 heteroatoms. The molecule has 110 valence electrons. The van der Waals surface area contributed by atoms with E-state index in [-0.39, 0.29) is 6.54 Å². The fourth-order valence-electron chi connectivity index (χ4n) is 2.15. The molecule has 0 unspecified atom stereocenters. The highest BCUT2D eigenvalue weighted by molar-refractivity contribution is 7.89. The monoisotopic (exact) mass is 299 g/mol. The van der Waals surface area contributed by atoms with Crippen molar-refractivity contribution in [3.63, 3.8) is 0 Å². The van der Waals surface area contributed by atoms with Crippen molar-refractivity contribution in [1.82, 2.24) is 14.7 Å². The second-order valence-corrected chi connectivity index (χ2v) is 6.43. The predicted molar refractivity (Wildman–Crippen MR) is 74.0 cm³/mol. The van der Waals surface area contributed by atoms with Gasteiger partial charge in [0.1, 0.15) is 0 Å². The number of nitrogens with one attached hydrogen (secondary N) is 3. The molecule has 0 radical (unpaired) electrons. The molecular weight excluding hydrogens is 282 g/mol. The summed E-state index contributed by atoms with van der Waals surface area (Å²) in [5.41, 5.74) is -0.409. The lowest BCUT2D eigenvalue weighted by molar-refractivity contribution is 0.577. The van der Waals surface area contributed by atoms with E-state index in [4.69, 9.17) is 0 Å². The molecule has 7 nitrogen and oxygen atoms in total. The third-order valence-corrected chi connectivity index (χ3v) is 4.66. The summed E-state index contributed by atoms with van der Waals surface area (Å²) in [5, 5.41) is 0. The quantitative estimate of drug-likeness (QED) is 0.676. The van der Waals surface area contributed by atoms with Crippen LogP contribution >= 0.6 is 0 Å². The van der Waals surface area contributed by atoms with Gasteiger partial charge in [-0.15, -0.1) is 0 Å². The molecule has 1 aliphatic carbocycles. The second-order valence-electron chi connectivity index (χ2n) is 4.69. The average molecular weight is 299 g/mol. The lowest BCUT2D eigenvalue weighted by Gasteiger charge is -2.12. The van der Waals surface area contributed by atoms with Gasteiger partial charge in [-0.25, -0.2) is 17.9 Å². The number of aromatic nitrogens is 2. The zero-order valence-electron chi connectivity index (χ0n) is 10.9. The van der Waals surface area contributed by atoms with Crippen molar-refractivity contribution >= 4 is 10.0 Å². The van der Waals surface area contributed by atoms with E-state index in [9.17, 15) is 18.0 Å². The summed E-state index contributed by atoms with van der Waals surface area (Å²) in [6, 6.07) is 0. The highest BCUT2D eigenvalue weighted by atomic mass is 32.2. The molecule has 1 aromatic rings. The molecule has 20 heavy (non-hydrogen) atoms. The molecule has 0 aromatic carbocycles. The van der Waals surface area contributed by atoms with Crippen LogP contribution in [-0.2, 0) is 10.0 Å². The Kier molecular flexibility index (Phi) is 4.56. The Morgan fingerprint density at radius 1 is 1.25 bits per heavy atom. The topological polar surface area (TPSA) is 112 Å². The van der Waals surface area contributed by atoms with Crippen LogP contribution in [0.15, 0.2) is 32.3 Å². The molecule has 0 aliphatic heterocycles. The van der Waals surface area contributed by atoms with Crippen LogP contribution < -0.4 is 16.0 Å². The zero-order chi connectivity index (χ0) is 14.6. The van der Waals surface area contributed by atoms with Crippen LogP contribution in [0.3, 0.4) is 0 Å². The first kappa shape index (κ1) is 14.7. The van der Waals surface area contributed by atoms with E-state index in [1.807, 2.05) is 4.98 Å². The molecule has 0 atom stereocenters. The number of hydrogen-bond donors (Lipinski definition) is 3. The molecule has 0 saturated carbocycles. The molecule has 1 aliphatic rings. The zero-order valence-corrected chi connectivity index (χ0v) is 11.8. The molecule has 0 spiro atoms. The van der Waals surface area contributed by atoms with Gasteiger partial charge in [0.25, 0.3) is 5.56 Å². The summed E-state index contributed by atoms with van der Waals surface area (Å²) in [5.74, 6) is 0. The first-order valence-corrected chi connectivity index (χ1v) is 7.97. The number of aromatic amines is 2. The van der Waals surface area contributed by atoms with Gasteiger partial charge in [0, 0.05) is 12.7 Å². The van der Waals surface area contributed by atoms with Gasteiger partial charge in [0.2, 0.25) is 10.0 Å². The van der Waals surface area contributed by atoms with Crippen LogP contribution in [0, 0.1) is 0 Å². The van der Waals surface area contributed by atoms with Crippen LogP contribution in [0.25, 0.3) is 0 Å². The molecule has 0 amide bonds. The van der Waals surface area contributed by atoms with Gasteiger partial charge in [0.05, 0.1) is 0 Å². The lowest BCUT2D eigenvalue weighted by atomic mass is 9.97. The van der Waals surface area contributed by atoms with Gasteiger partial charge in [-0.2, -0.15) is 0 Å². The van der Waals surface area contributed by atoms with Crippen molar-refractivity contribution in [2.45, 2.75) is 37.0 Å². The molecule has 1 heterocycles. The second kappa shape index (κ2) is 6.19. The van der Waals surface area contributed by atoms with E-state index in [1.165, 1.54) is 12.0 Å². The Labute approximate surface area is 116 Å². The standard InChI is InChI=1S/C12H17N3O4S/c16-11-10(8-13-12(17)15-11)20(18,19)14-7-6-9-4-2-1-3-5-9/h4,8,14H,1-3,5-7H2,(H2,13,15,16,17). The number of rotatable bonds is 5. The predicted octanol–water partition coefficient (Wildman–Crippen LogP) is 0.232. The van der Waals surface area contributed by atoms with E-state index in [0.717, 1.165) is 25.5 Å². The maximum absolute atomic E-state index is 11.9. The van der Waals surface area contributed by atoms with Crippen molar-refractivity contribution in [2.75, 3.05) is 6.54 Å². The lowest BCUT2D eigenvalue weighted by Crippen LogP contribution is -2.33. The molecule has 1 aromatic heterocycles. The van der Waals surface area contributed by atoms with Gasteiger partial charge in [-0.3, -0.25) is 9.78 Å². The van der Waals surface area contributed by atoms with Gasteiger partial charge >= 0.3 is 5.69 Å². The summed E-state index contributed by atoms with van der Waals surface area (Å²) < 4.78 is 26.2. The van der Waals surface area contributed by atoms with E-state index in [0.29, 0.717) is 6.42 Å². The Balaban J connectivity index is 2.02. The van der Waals surface area contributed by atoms with Crippen molar-refractivity contribution in [2.24, 2.45) is 0 Å². The van der Waals surface area contributed by atoms with Gasteiger partial charge in [-0.1, -0.05) is 11.6 Å². The van der Waals surface area contributed by atoms with E-state index in [1.54, 1.807) is 0 Å². The fraction of sp³-hybridized carbons (Fsp3) is 0.500. The van der Waals surface area contributed by atoms with Crippen LogP contribution in [-0.4, -0.2) is 24.9 Å². The molecular formula is C12H17N3O4S. The SMILES string of the molecule is O=c1[nH]cc(S(=O)(=O)NCCC2=CCCCC2)c(=O)[nH]1. The normalized spacial score (nSPS) is 15.9. The Morgan fingerprint density at radius 3 is 2.70 bits per heavy atom. The number of sulfonamides is 1. The summed E-state index contributed by atoms with van der Waals surface area (Å²) in [4.78, 5) is 25.9. The Bertz CT molecular complexity index is 715. The number of allylic oxidation sites excluding steroid dienone is 1. The third-order valence-electron chi connectivity index (χ3n) is 3.20. The summed E-state index contributed by atoms with van der Waals surface area (Å²) >= 11 is 0. The Hall–Kier alpha value is -1.67. The van der Waals surface area contributed by atoms with E-state index in [2.05, 4.69) is 15.8 Å². The number of H-pyrrole nitrogens is 2. The molecule has 0 saturated heterocycles. The van der Waals surface area contributed by atoms with Crippen molar-refractivity contribution in [1.29, 1.82) is 0 Å². The van der Waals surface area contributed by atoms with Crippen LogP contribution in [0.4, 0.5) is 0 Å². The highest BCUT2D eigenvalue weighted by Crippen LogP contribution is 2.19. The minimum Gasteiger partial charge on any atom is -0.313 e. The Morgan fingerprint density at radius 2 is 2.05 bits per heavy atom. The minimum absolute atomic E-state index is 0.243. The van der Waals surface area contributed by atoms with E-state index < -0.39 is 26.2 Å². The van der Waals surface area contributed by atoms with E-state index >= 15 is 0 Å². The van der Waals surface area contributed by atoms with Crippen molar-refractivity contribution in [3.8, 4) is 0 Å². The highest BCUT2D eigenvalue weighted by Gasteiger charge is 2.18. The maximum Gasteiger partial charge on any atom is 0.325 e. The molecule has 0 fully saturated rings. The average Bonchev–Trinajstić information content (AvgIpc) is 2.39. The van der Waals surface area contributed by atoms with Crippen molar-refractivity contribution in [3.05, 3.63) is 38.7 Å². The molecule has 3 N–H and O–H groups in total. The van der Waals surface area contributed by atoms with Crippen LogP contribution in [0.1, 0.15) is 32.1 Å². The molecule has 0 bridgehead atoms. The smallest absolute Gasteiger partial charge is 0.313 e. The third kappa shape index (κ3) is 3.67. The van der Waals surface area contributed by atoms with Crippen LogP contribution in [0.2, 0.25) is 0 Å². The number of hydrogen-bond acceptors (Lipinski definition) is 4. The van der Waals surface area contributed by atoms with Crippen molar-refractivity contribution < 1.29 is 8.42 Å². The fourth-order valence-corrected chi connectivity index (χ4v) is 3.19. The minimum atomic E-state index is -3.90. The van der Waals surface area contributed by atoms with Crippen LogP contribution in [0.5, 0.6) is 0 Å². The van der Waals surface area contributed by atoms with Gasteiger partial charge in [0.15, 0.2) is 4.90 Å². The maximum atomic E-state index is 11.9. The largest absolute Gasteiger partial charge is 0.325 e. The van der Waals surface area contributed by atoms with Gasteiger partial charge < -0.3 is 4.98 Å². The van der Waals surface area contributed by atoms with Gasteiger partial charge in [-0.05, 0) is 32.1 Å². The first-order valence-electron chi connectivity index (χ1n) is 6.48. The molecule has 2 rings (SSSR count).